The SMILES string of the molecule is Cc1nc(N2CCCC2)c2cc(SCc3ccccc3)ccc2n1. The van der Waals surface area contributed by atoms with Gasteiger partial charge in [-0.15, -0.1) is 11.8 Å². The normalized spacial score (nSPS) is 14.5. The fourth-order valence-corrected chi connectivity index (χ4v) is 4.10. The zero-order valence-corrected chi connectivity index (χ0v) is 14.7. The zero-order chi connectivity index (χ0) is 16.4. The van der Waals surface area contributed by atoms with Crippen LogP contribution in [0, 0.1) is 6.92 Å². The van der Waals surface area contributed by atoms with E-state index < -0.39 is 0 Å². The second kappa shape index (κ2) is 6.81. The minimum atomic E-state index is 0.856. The van der Waals surface area contributed by atoms with E-state index in [1.807, 2.05) is 18.7 Å². The molecule has 0 amide bonds. The first-order chi connectivity index (χ1) is 11.8. The van der Waals surface area contributed by atoms with Crippen molar-refractivity contribution >= 4 is 28.5 Å². The van der Waals surface area contributed by atoms with Crippen LogP contribution >= 0.6 is 11.8 Å². The van der Waals surface area contributed by atoms with Crippen LogP contribution in [0.25, 0.3) is 10.9 Å². The van der Waals surface area contributed by atoms with Crippen LogP contribution in [0.15, 0.2) is 53.4 Å². The highest BCUT2D eigenvalue weighted by atomic mass is 32.2. The summed E-state index contributed by atoms with van der Waals surface area (Å²) >= 11 is 1.87. The van der Waals surface area contributed by atoms with Gasteiger partial charge in [0.15, 0.2) is 0 Å². The molecule has 0 radical (unpaired) electrons. The van der Waals surface area contributed by atoms with E-state index in [4.69, 9.17) is 4.98 Å². The molecule has 1 aromatic heterocycles. The van der Waals surface area contributed by atoms with Gasteiger partial charge in [-0.05, 0) is 43.5 Å². The third kappa shape index (κ3) is 3.24. The average Bonchev–Trinajstić information content (AvgIpc) is 3.14. The third-order valence-corrected chi connectivity index (χ3v) is 5.48. The molecular weight excluding hydrogens is 314 g/mol. The van der Waals surface area contributed by atoms with Crippen molar-refractivity contribution in [3.8, 4) is 0 Å². The molecule has 2 heterocycles. The smallest absolute Gasteiger partial charge is 0.140 e. The van der Waals surface area contributed by atoms with Gasteiger partial charge in [0.1, 0.15) is 11.6 Å². The second-order valence-corrected chi connectivity index (χ2v) is 7.29. The summed E-state index contributed by atoms with van der Waals surface area (Å²) in [5, 5.41) is 1.18. The number of thioether (sulfide) groups is 1. The van der Waals surface area contributed by atoms with E-state index in [9.17, 15) is 0 Å². The lowest BCUT2D eigenvalue weighted by atomic mass is 10.2. The highest BCUT2D eigenvalue weighted by Gasteiger charge is 2.17. The quantitative estimate of drug-likeness (QED) is 0.639. The van der Waals surface area contributed by atoms with Crippen molar-refractivity contribution in [3.05, 3.63) is 59.9 Å². The molecule has 0 atom stereocenters. The Morgan fingerprint density at radius 3 is 2.58 bits per heavy atom. The third-order valence-electron chi connectivity index (χ3n) is 4.41. The van der Waals surface area contributed by atoms with Crippen molar-refractivity contribution in [1.29, 1.82) is 0 Å². The number of nitrogens with zero attached hydrogens (tertiary/aromatic N) is 3. The summed E-state index contributed by atoms with van der Waals surface area (Å²) in [6.45, 7) is 4.19. The average molecular weight is 335 g/mol. The van der Waals surface area contributed by atoms with Crippen LogP contribution in [0.5, 0.6) is 0 Å². The van der Waals surface area contributed by atoms with Crippen LogP contribution in [0.3, 0.4) is 0 Å². The van der Waals surface area contributed by atoms with Crippen molar-refractivity contribution < 1.29 is 0 Å². The standard InChI is InChI=1S/C20H21N3S/c1-15-21-19-10-9-17(24-14-16-7-3-2-4-8-16)13-18(19)20(22-15)23-11-5-6-12-23/h2-4,7-10,13H,5-6,11-12,14H2,1H3. The molecule has 4 heteroatoms. The topological polar surface area (TPSA) is 29.0 Å². The van der Waals surface area contributed by atoms with Crippen molar-refractivity contribution in [1.82, 2.24) is 9.97 Å². The molecule has 0 saturated carbocycles. The lowest BCUT2D eigenvalue weighted by molar-refractivity contribution is 0.924. The van der Waals surface area contributed by atoms with Gasteiger partial charge in [-0.1, -0.05) is 30.3 Å². The molecule has 3 aromatic rings. The van der Waals surface area contributed by atoms with E-state index in [2.05, 4.69) is 58.4 Å². The molecule has 4 rings (SSSR count). The predicted octanol–water partition coefficient (Wildman–Crippen LogP) is 4.83. The van der Waals surface area contributed by atoms with Gasteiger partial charge in [-0.2, -0.15) is 0 Å². The number of aryl methyl sites for hydroxylation is 1. The summed E-state index contributed by atoms with van der Waals surface area (Å²) in [4.78, 5) is 13.1. The van der Waals surface area contributed by atoms with Crippen molar-refractivity contribution in [2.45, 2.75) is 30.4 Å². The van der Waals surface area contributed by atoms with Crippen LogP contribution < -0.4 is 4.90 Å². The molecule has 1 fully saturated rings. The highest BCUT2D eigenvalue weighted by molar-refractivity contribution is 7.98. The minimum Gasteiger partial charge on any atom is -0.356 e. The molecule has 0 spiro atoms. The largest absolute Gasteiger partial charge is 0.356 e. The lowest BCUT2D eigenvalue weighted by Gasteiger charge is -2.19. The molecule has 2 aromatic carbocycles. The van der Waals surface area contributed by atoms with Gasteiger partial charge in [0, 0.05) is 29.1 Å². The molecule has 24 heavy (non-hydrogen) atoms. The Morgan fingerprint density at radius 2 is 1.79 bits per heavy atom. The maximum absolute atomic E-state index is 4.75. The summed E-state index contributed by atoms with van der Waals surface area (Å²) in [5.74, 6) is 2.95. The summed E-state index contributed by atoms with van der Waals surface area (Å²) in [7, 11) is 0. The Morgan fingerprint density at radius 1 is 1.00 bits per heavy atom. The summed E-state index contributed by atoms with van der Waals surface area (Å²) in [6.07, 6.45) is 2.51. The predicted molar refractivity (Wildman–Crippen MR) is 102 cm³/mol. The van der Waals surface area contributed by atoms with E-state index in [-0.39, 0.29) is 0 Å². The monoisotopic (exact) mass is 335 g/mol. The number of rotatable bonds is 4. The van der Waals surface area contributed by atoms with Crippen LogP contribution in [-0.4, -0.2) is 23.1 Å². The van der Waals surface area contributed by atoms with Gasteiger partial charge in [0.2, 0.25) is 0 Å². The highest BCUT2D eigenvalue weighted by Crippen LogP contribution is 2.31. The molecule has 1 aliphatic rings. The van der Waals surface area contributed by atoms with Crippen molar-refractivity contribution in [2.75, 3.05) is 18.0 Å². The fourth-order valence-electron chi connectivity index (χ4n) is 3.21. The Balaban J connectivity index is 1.66. The van der Waals surface area contributed by atoms with Crippen LogP contribution in [0.2, 0.25) is 0 Å². The van der Waals surface area contributed by atoms with E-state index in [1.165, 1.54) is 28.7 Å². The second-order valence-electron chi connectivity index (χ2n) is 6.24. The zero-order valence-electron chi connectivity index (χ0n) is 13.9. The molecule has 0 aliphatic carbocycles. The number of aromatic nitrogens is 2. The Kier molecular flexibility index (Phi) is 4.39. The number of hydrogen-bond acceptors (Lipinski definition) is 4. The van der Waals surface area contributed by atoms with Gasteiger partial charge in [-0.25, -0.2) is 9.97 Å². The summed E-state index contributed by atoms with van der Waals surface area (Å²) in [5.41, 5.74) is 2.40. The van der Waals surface area contributed by atoms with Crippen LogP contribution in [0.1, 0.15) is 24.2 Å². The van der Waals surface area contributed by atoms with E-state index in [0.717, 1.165) is 36.0 Å². The van der Waals surface area contributed by atoms with Gasteiger partial charge >= 0.3 is 0 Å². The van der Waals surface area contributed by atoms with Crippen molar-refractivity contribution in [2.24, 2.45) is 0 Å². The summed E-state index contributed by atoms with van der Waals surface area (Å²) < 4.78 is 0. The fraction of sp³-hybridized carbons (Fsp3) is 0.300. The van der Waals surface area contributed by atoms with E-state index in [1.54, 1.807) is 0 Å². The molecule has 3 nitrogen and oxygen atoms in total. The first kappa shape index (κ1) is 15.5. The Bertz CT molecular complexity index is 842. The molecule has 122 valence electrons. The molecule has 0 unspecified atom stereocenters. The maximum Gasteiger partial charge on any atom is 0.140 e. The summed E-state index contributed by atoms with van der Waals surface area (Å²) in [6, 6.07) is 17.2. The van der Waals surface area contributed by atoms with Gasteiger partial charge in [-0.3, -0.25) is 0 Å². The van der Waals surface area contributed by atoms with E-state index in [0.29, 0.717) is 0 Å². The number of fused-ring (bicyclic) bond motifs is 1. The van der Waals surface area contributed by atoms with Gasteiger partial charge in [0.05, 0.1) is 5.52 Å². The lowest BCUT2D eigenvalue weighted by Crippen LogP contribution is -2.20. The van der Waals surface area contributed by atoms with Gasteiger partial charge < -0.3 is 4.90 Å². The molecular formula is C20H21N3S. The molecule has 0 bridgehead atoms. The van der Waals surface area contributed by atoms with Crippen LogP contribution in [-0.2, 0) is 5.75 Å². The van der Waals surface area contributed by atoms with Crippen molar-refractivity contribution in [3.63, 3.8) is 0 Å². The molecule has 0 N–H and O–H groups in total. The Labute approximate surface area is 147 Å². The van der Waals surface area contributed by atoms with Crippen LogP contribution in [0.4, 0.5) is 5.82 Å². The Hall–Kier alpha value is -2.07. The maximum atomic E-state index is 4.75. The number of benzene rings is 2. The first-order valence-corrected chi connectivity index (χ1v) is 9.48. The number of anilines is 1. The minimum absolute atomic E-state index is 0.856. The van der Waals surface area contributed by atoms with E-state index >= 15 is 0 Å². The molecule has 1 saturated heterocycles. The molecule has 1 aliphatic heterocycles. The van der Waals surface area contributed by atoms with Gasteiger partial charge in [0.25, 0.3) is 0 Å². The number of hydrogen-bond donors (Lipinski definition) is 0. The first-order valence-electron chi connectivity index (χ1n) is 8.50.